The van der Waals surface area contributed by atoms with Gasteiger partial charge in [0.25, 0.3) is 0 Å². The zero-order chi connectivity index (χ0) is 15.4. The Hall–Kier alpha value is -0.170. The van der Waals surface area contributed by atoms with Crippen molar-refractivity contribution >= 4 is 11.8 Å². The van der Waals surface area contributed by atoms with Crippen LogP contribution >= 0.6 is 11.8 Å². The standard InChI is InChI=1S/C21H32S/c1-15-9-6-7-14-20(15,2)19-13-8-11-17-16-10-4-5-12-18(16)22-21(17,19)3/h5,12-13,15-18H,4,6-11,14H2,1-3H3/t15-,16?,17?,18?,20?,21?/m0/s1. The van der Waals surface area contributed by atoms with E-state index in [0.717, 1.165) is 23.0 Å². The van der Waals surface area contributed by atoms with E-state index < -0.39 is 0 Å². The number of hydrogen-bond donors (Lipinski definition) is 0. The molecule has 4 aliphatic rings. The van der Waals surface area contributed by atoms with Crippen LogP contribution in [0.1, 0.15) is 72.1 Å². The van der Waals surface area contributed by atoms with Crippen molar-refractivity contribution in [1.82, 2.24) is 0 Å². The lowest BCUT2D eigenvalue weighted by Crippen LogP contribution is -2.45. The maximum absolute atomic E-state index is 2.69. The van der Waals surface area contributed by atoms with Gasteiger partial charge in [0.05, 0.1) is 0 Å². The van der Waals surface area contributed by atoms with E-state index in [1.807, 2.05) is 5.57 Å². The zero-order valence-electron chi connectivity index (χ0n) is 14.6. The Labute approximate surface area is 141 Å². The summed E-state index contributed by atoms with van der Waals surface area (Å²) < 4.78 is 0.419. The molecule has 0 radical (unpaired) electrons. The van der Waals surface area contributed by atoms with Gasteiger partial charge in [-0.15, -0.1) is 11.8 Å². The Morgan fingerprint density at radius 1 is 1.09 bits per heavy atom. The van der Waals surface area contributed by atoms with Gasteiger partial charge in [-0.1, -0.05) is 50.5 Å². The number of thioether (sulfide) groups is 1. The van der Waals surface area contributed by atoms with E-state index in [0.29, 0.717) is 10.2 Å². The topological polar surface area (TPSA) is 0 Å². The Morgan fingerprint density at radius 2 is 1.95 bits per heavy atom. The van der Waals surface area contributed by atoms with Crippen LogP contribution < -0.4 is 0 Å². The maximum Gasteiger partial charge on any atom is 0.0382 e. The van der Waals surface area contributed by atoms with Crippen molar-refractivity contribution < 1.29 is 0 Å². The molecule has 1 saturated carbocycles. The number of hydrogen-bond acceptors (Lipinski definition) is 1. The molecule has 0 aromatic heterocycles. The van der Waals surface area contributed by atoms with Gasteiger partial charge in [-0.25, -0.2) is 0 Å². The van der Waals surface area contributed by atoms with Crippen molar-refractivity contribution in [2.75, 3.05) is 0 Å². The van der Waals surface area contributed by atoms with Gasteiger partial charge in [-0.3, -0.25) is 0 Å². The average molecular weight is 317 g/mol. The molecule has 0 bridgehead atoms. The molecule has 1 heteroatoms. The van der Waals surface area contributed by atoms with E-state index in [2.05, 4.69) is 50.8 Å². The summed E-state index contributed by atoms with van der Waals surface area (Å²) >= 11 is 2.33. The molecule has 3 aliphatic carbocycles. The first-order valence-electron chi connectivity index (χ1n) is 9.61. The molecule has 2 fully saturated rings. The molecule has 0 aromatic rings. The van der Waals surface area contributed by atoms with Crippen molar-refractivity contribution in [1.29, 1.82) is 0 Å². The summed E-state index contributed by atoms with van der Waals surface area (Å²) in [4.78, 5) is 0. The molecule has 0 aromatic carbocycles. The van der Waals surface area contributed by atoms with Crippen LogP contribution in [0.4, 0.5) is 0 Å². The van der Waals surface area contributed by atoms with Crippen molar-refractivity contribution in [2.24, 2.45) is 23.2 Å². The third-order valence-corrected chi connectivity index (χ3v) is 9.46. The predicted molar refractivity (Wildman–Crippen MR) is 98.2 cm³/mol. The van der Waals surface area contributed by atoms with E-state index in [1.54, 1.807) is 0 Å². The summed E-state index contributed by atoms with van der Waals surface area (Å²) in [7, 11) is 0. The number of rotatable bonds is 1. The van der Waals surface area contributed by atoms with Crippen LogP contribution in [0, 0.1) is 23.2 Å². The van der Waals surface area contributed by atoms with Crippen LogP contribution in [0.3, 0.4) is 0 Å². The highest BCUT2D eigenvalue weighted by molar-refractivity contribution is 8.01. The first kappa shape index (κ1) is 15.4. The second-order valence-corrected chi connectivity index (χ2v) is 10.4. The van der Waals surface area contributed by atoms with Gasteiger partial charge in [-0.05, 0) is 68.6 Å². The van der Waals surface area contributed by atoms with Crippen LogP contribution in [0.15, 0.2) is 23.8 Å². The van der Waals surface area contributed by atoms with Gasteiger partial charge in [0.15, 0.2) is 0 Å². The molecule has 6 atom stereocenters. The summed E-state index contributed by atoms with van der Waals surface area (Å²) in [6, 6.07) is 0. The number of allylic oxidation sites excluding steroid dienone is 2. The van der Waals surface area contributed by atoms with Crippen LogP contribution in [-0.4, -0.2) is 10.00 Å². The van der Waals surface area contributed by atoms with Crippen LogP contribution in [0.2, 0.25) is 0 Å². The summed E-state index contributed by atoms with van der Waals surface area (Å²) in [6.45, 7) is 7.75. The maximum atomic E-state index is 2.69. The molecular weight excluding hydrogens is 284 g/mol. The average Bonchev–Trinajstić information content (AvgIpc) is 2.82. The first-order chi connectivity index (χ1) is 10.6. The Morgan fingerprint density at radius 3 is 2.77 bits per heavy atom. The van der Waals surface area contributed by atoms with Crippen LogP contribution in [0.5, 0.6) is 0 Å². The van der Waals surface area contributed by atoms with Gasteiger partial charge in [-0.2, -0.15) is 0 Å². The molecule has 1 aliphatic heterocycles. The second-order valence-electron chi connectivity index (χ2n) is 8.72. The molecule has 0 N–H and O–H groups in total. The number of fused-ring (bicyclic) bond motifs is 3. The van der Waals surface area contributed by atoms with Crippen LogP contribution in [-0.2, 0) is 0 Å². The first-order valence-corrected chi connectivity index (χ1v) is 10.5. The Kier molecular flexibility index (Phi) is 3.79. The third kappa shape index (κ3) is 2.10. The van der Waals surface area contributed by atoms with Gasteiger partial charge in [0.1, 0.15) is 0 Å². The highest BCUT2D eigenvalue weighted by Gasteiger charge is 2.57. The molecule has 122 valence electrons. The molecule has 22 heavy (non-hydrogen) atoms. The van der Waals surface area contributed by atoms with Crippen molar-refractivity contribution in [3.05, 3.63) is 23.8 Å². The quantitative estimate of drug-likeness (QED) is 0.506. The molecule has 5 unspecified atom stereocenters. The highest BCUT2D eigenvalue weighted by Crippen LogP contribution is 2.65. The van der Waals surface area contributed by atoms with Crippen LogP contribution in [0.25, 0.3) is 0 Å². The van der Waals surface area contributed by atoms with E-state index in [9.17, 15) is 0 Å². The third-order valence-electron chi connectivity index (χ3n) is 7.67. The van der Waals surface area contributed by atoms with Gasteiger partial charge in [0, 0.05) is 10.00 Å². The van der Waals surface area contributed by atoms with E-state index in [4.69, 9.17) is 0 Å². The predicted octanol–water partition coefficient (Wildman–Crippen LogP) is 6.38. The SMILES string of the molecule is C[C@H]1CCCCC1(C)C1=CCCC2C3CCC=CC3SC12C. The minimum atomic E-state index is 0.419. The fourth-order valence-electron chi connectivity index (χ4n) is 6.23. The lowest BCUT2D eigenvalue weighted by Gasteiger charge is -2.51. The van der Waals surface area contributed by atoms with Gasteiger partial charge >= 0.3 is 0 Å². The molecule has 0 nitrogen and oxygen atoms in total. The van der Waals surface area contributed by atoms with E-state index in [1.165, 1.54) is 51.4 Å². The minimum absolute atomic E-state index is 0.419. The second kappa shape index (κ2) is 5.43. The van der Waals surface area contributed by atoms with Crippen molar-refractivity contribution in [2.45, 2.75) is 82.1 Å². The zero-order valence-corrected chi connectivity index (χ0v) is 15.4. The fourth-order valence-corrected chi connectivity index (χ4v) is 8.40. The van der Waals surface area contributed by atoms with Gasteiger partial charge in [0.2, 0.25) is 0 Å². The van der Waals surface area contributed by atoms with Gasteiger partial charge < -0.3 is 0 Å². The molecule has 4 rings (SSSR count). The smallest absolute Gasteiger partial charge is 0.0382 e. The van der Waals surface area contributed by atoms with Crippen molar-refractivity contribution in [3.63, 3.8) is 0 Å². The van der Waals surface area contributed by atoms with E-state index >= 15 is 0 Å². The molecule has 0 amide bonds. The normalized spacial score (nSPS) is 51.1. The minimum Gasteiger partial charge on any atom is -0.143 e. The van der Waals surface area contributed by atoms with E-state index in [-0.39, 0.29) is 0 Å². The summed E-state index contributed by atoms with van der Waals surface area (Å²) in [5, 5.41) is 0.799. The largest absolute Gasteiger partial charge is 0.143 e. The molecule has 1 heterocycles. The molecular formula is C21H32S. The monoisotopic (exact) mass is 316 g/mol. The Bertz CT molecular complexity index is 504. The summed E-state index contributed by atoms with van der Waals surface area (Å²) in [5.74, 6) is 2.74. The summed E-state index contributed by atoms with van der Waals surface area (Å²) in [6.07, 6.45) is 19.0. The summed E-state index contributed by atoms with van der Waals surface area (Å²) in [5.41, 5.74) is 2.33. The lowest BCUT2D eigenvalue weighted by molar-refractivity contribution is 0.143. The molecule has 0 spiro atoms. The lowest BCUT2D eigenvalue weighted by atomic mass is 9.56. The van der Waals surface area contributed by atoms with Crippen molar-refractivity contribution in [3.8, 4) is 0 Å². The Balaban J connectivity index is 1.71. The fraction of sp³-hybridized carbons (Fsp3) is 0.810. The highest BCUT2D eigenvalue weighted by atomic mass is 32.2. The molecule has 1 saturated heterocycles.